The molecule has 0 aliphatic carbocycles. The van der Waals surface area contributed by atoms with Gasteiger partial charge in [0.1, 0.15) is 21.3 Å². The number of nitrogens with zero attached hydrogens (tertiary/aromatic N) is 2. The Morgan fingerprint density at radius 2 is 1.92 bits per heavy atom. The highest BCUT2D eigenvalue weighted by Crippen LogP contribution is 2.29. The Labute approximate surface area is 157 Å². The molecule has 0 saturated heterocycles. The quantitative estimate of drug-likeness (QED) is 0.716. The number of aromatic carboxylic acids is 1. The first-order valence-corrected chi connectivity index (χ1v) is 9.01. The van der Waals surface area contributed by atoms with Crippen molar-refractivity contribution in [3.8, 4) is 11.4 Å². The molecule has 134 valence electrons. The van der Waals surface area contributed by atoms with Crippen LogP contribution in [0.3, 0.4) is 0 Å². The van der Waals surface area contributed by atoms with Gasteiger partial charge >= 0.3 is 5.97 Å². The Hall–Kier alpha value is -2.51. The van der Waals surface area contributed by atoms with E-state index < -0.39 is 5.97 Å². The summed E-state index contributed by atoms with van der Waals surface area (Å²) in [4.78, 5) is 40.9. The molecular weight excluding hydrogens is 376 g/mol. The summed E-state index contributed by atoms with van der Waals surface area (Å²) in [5.74, 6) is -0.751. The number of carbonyl (C=O) groups is 2. The molecule has 0 amide bonds. The lowest BCUT2D eigenvalue weighted by Gasteiger charge is -2.12. The van der Waals surface area contributed by atoms with E-state index in [1.165, 1.54) is 11.5 Å². The number of benzene rings is 1. The summed E-state index contributed by atoms with van der Waals surface area (Å²) in [7, 11) is 0. The maximum absolute atomic E-state index is 13.1. The Balaban J connectivity index is 2.32. The number of carboxylic acid groups (broad SMARTS) is 1. The number of fused-ring (bicyclic) bond motifs is 1. The lowest BCUT2D eigenvalue weighted by molar-refractivity contribution is -0.117. The predicted octanol–water partition coefficient (Wildman–Crippen LogP) is 3.76. The molecule has 8 heteroatoms. The predicted molar refractivity (Wildman–Crippen MR) is 101 cm³/mol. The van der Waals surface area contributed by atoms with E-state index in [1.807, 2.05) is 0 Å². The van der Waals surface area contributed by atoms with Gasteiger partial charge in [-0.25, -0.2) is 9.78 Å². The van der Waals surface area contributed by atoms with Crippen LogP contribution in [0.2, 0.25) is 5.02 Å². The molecule has 0 spiro atoms. The zero-order chi connectivity index (χ0) is 19.0. The van der Waals surface area contributed by atoms with E-state index in [4.69, 9.17) is 11.6 Å². The summed E-state index contributed by atoms with van der Waals surface area (Å²) >= 11 is 6.90. The standard InChI is InChI=1S/C18H15ClN2O4S/c1-9(22)7-8-21-15(11-3-5-12(19)6-4-11)20-16-13(17(21)23)10(2)14(26-16)18(24)25/h3-6H,7-8H2,1-2H3,(H,24,25). The fraction of sp³-hybridized carbons (Fsp3) is 0.222. The maximum Gasteiger partial charge on any atom is 0.346 e. The Kier molecular flexibility index (Phi) is 4.93. The number of Topliss-reactive ketones (excluding diaryl/α,β-unsaturated/α-hetero) is 1. The second kappa shape index (κ2) is 7.01. The number of ketones is 1. The lowest BCUT2D eigenvalue weighted by atomic mass is 10.1. The molecule has 2 heterocycles. The van der Waals surface area contributed by atoms with E-state index >= 15 is 0 Å². The molecule has 0 atom stereocenters. The van der Waals surface area contributed by atoms with Crippen molar-refractivity contribution in [1.82, 2.24) is 9.55 Å². The number of thiophene rings is 1. The van der Waals surface area contributed by atoms with Crippen LogP contribution in [-0.2, 0) is 11.3 Å². The normalized spacial score (nSPS) is 11.0. The number of hydrogen-bond acceptors (Lipinski definition) is 5. The molecule has 1 N–H and O–H groups in total. The molecule has 0 radical (unpaired) electrons. The number of aryl methyl sites for hydroxylation is 1. The van der Waals surface area contributed by atoms with Gasteiger partial charge in [-0.15, -0.1) is 11.3 Å². The smallest absolute Gasteiger partial charge is 0.346 e. The Morgan fingerprint density at radius 1 is 1.27 bits per heavy atom. The minimum Gasteiger partial charge on any atom is -0.477 e. The molecule has 3 aromatic rings. The fourth-order valence-electron chi connectivity index (χ4n) is 2.72. The van der Waals surface area contributed by atoms with Crippen molar-refractivity contribution in [2.24, 2.45) is 0 Å². The van der Waals surface area contributed by atoms with Crippen LogP contribution in [0.1, 0.15) is 28.6 Å². The summed E-state index contributed by atoms with van der Waals surface area (Å²) < 4.78 is 1.43. The van der Waals surface area contributed by atoms with Gasteiger partial charge in [-0.2, -0.15) is 0 Å². The van der Waals surface area contributed by atoms with Crippen LogP contribution in [-0.4, -0.2) is 26.4 Å². The van der Waals surface area contributed by atoms with E-state index in [9.17, 15) is 19.5 Å². The SMILES string of the molecule is CC(=O)CCn1c(-c2ccc(Cl)cc2)nc2sc(C(=O)O)c(C)c2c1=O. The molecule has 0 unspecified atom stereocenters. The highest BCUT2D eigenvalue weighted by molar-refractivity contribution is 7.20. The van der Waals surface area contributed by atoms with Crippen LogP contribution in [0.15, 0.2) is 29.1 Å². The fourth-order valence-corrected chi connectivity index (χ4v) is 3.85. The molecule has 0 aliphatic rings. The zero-order valence-electron chi connectivity index (χ0n) is 14.1. The van der Waals surface area contributed by atoms with E-state index in [-0.39, 0.29) is 34.6 Å². The number of rotatable bonds is 5. The number of halogens is 1. The van der Waals surface area contributed by atoms with Gasteiger partial charge in [0.2, 0.25) is 0 Å². The second-order valence-electron chi connectivity index (χ2n) is 5.89. The molecule has 0 bridgehead atoms. The van der Waals surface area contributed by atoms with Gasteiger partial charge in [0.25, 0.3) is 5.56 Å². The van der Waals surface area contributed by atoms with Crippen molar-refractivity contribution >= 4 is 44.9 Å². The van der Waals surface area contributed by atoms with E-state index in [0.29, 0.717) is 26.8 Å². The average Bonchev–Trinajstić information content (AvgIpc) is 2.91. The van der Waals surface area contributed by atoms with Crippen LogP contribution >= 0.6 is 22.9 Å². The van der Waals surface area contributed by atoms with Crippen molar-refractivity contribution in [2.45, 2.75) is 26.8 Å². The van der Waals surface area contributed by atoms with Crippen LogP contribution in [0.4, 0.5) is 0 Å². The minimum atomic E-state index is -1.09. The zero-order valence-corrected chi connectivity index (χ0v) is 15.6. The molecule has 6 nitrogen and oxygen atoms in total. The van der Waals surface area contributed by atoms with Crippen molar-refractivity contribution in [1.29, 1.82) is 0 Å². The van der Waals surface area contributed by atoms with E-state index in [2.05, 4.69) is 4.98 Å². The number of carbonyl (C=O) groups excluding carboxylic acids is 1. The summed E-state index contributed by atoms with van der Waals surface area (Å²) in [6, 6.07) is 6.84. The summed E-state index contributed by atoms with van der Waals surface area (Å²) in [6.07, 6.45) is 0.183. The summed E-state index contributed by atoms with van der Waals surface area (Å²) in [6.45, 7) is 3.23. The number of aromatic nitrogens is 2. The molecular formula is C18H15ClN2O4S. The average molecular weight is 391 g/mol. The van der Waals surface area contributed by atoms with Crippen molar-refractivity contribution < 1.29 is 14.7 Å². The Bertz CT molecular complexity index is 1080. The molecule has 3 rings (SSSR count). The first kappa shape index (κ1) is 18.3. The molecule has 0 saturated carbocycles. The number of hydrogen-bond donors (Lipinski definition) is 1. The molecule has 1 aromatic carbocycles. The van der Waals surface area contributed by atoms with Gasteiger partial charge in [0.05, 0.1) is 5.39 Å². The molecule has 26 heavy (non-hydrogen) atoms. The Morgan fingerprint density at radius 3 is 2.50 bits per heavy atom. The van der Waals surface area contributed by atoms with E-state index in [1.54, 1.807) is 31.2 Å². The van der Waals surface area contributed by atoms with Crippen LogP contribution in [0, 0.1) is 6.92 Å². The summed E-state index contributed by atoms with van der Waals surface area (Å²) in [5.41, 5.74) is 0.719. The van der Waals surface area contributed by atoms with Gasteiger partial charge in [0.15, 0.2) is 0 Å². The largest absolute Gasteiger partial charge is 0.477 e. The third kappa shape index (κ3) is 3.27. The first-order chi connectivity index (χ1) is 12.3. The minimum absolute atomic E-state index is 0.0488. The second-order valence-corrected chi connectivity index (χ2v) is 7.33. The molecule has 0 fully saturated rings. The van der Waals surface area contributed by atoms with Gasteiger partial charge in [-0.05, 0) is 43.7 Å². The van der Waals surface area contributed by atoms with Crippen LogP contribution < -0.4 is 5.56 Å². The maximum atomic E-state index is 13.1. The van der Waals surface area contributed by atoms with Gasteiger partial charge in [0, 0.05) is 23.6 Å². The van der Waals surface area contributed by atoms with Gasteiger partial charge in [-0.1, -0.05) is 11.6 Å². The third-order valence-electron chi connectivity index (χ3n) is 4.03. The first-order valence-electron chi connectivity index (χ1n) is 7.82. The van der Waals surface area contributed by atoms with Crippen molar-refractivity contribution in [2.75, 3.05) is 0 Å². The van der Waals surface area contributed by atoms with Crippen LogP contribution in [0.5, 0.6) is 0 Å². The topological polar surface area (TPSA) is 89.3 Å². The third-order valence-corrected chi connectivity index (χ3v) is 5.46. The highest BCUT2D eigenvalue weighted by atomic mass is 35.5. The van der Waals surface area contributed by atoms with Crippen molar-refractivity contribution in [3.63, 3.8) is 0 Å². The molecule has 2 aromatic heterocycles. The van der Waals surface area contributed by atoms with Crippen LogP contribution in [0.25, 0.3) is 21.6 Å². The summed E-state index contributed by atoms with van der Waals surface area (Å²) in [5, 5.41) is 10.2. The molecule has 0 aliphatic heterocycles. The number of carboxylic acids is 1. The van der Waals surface area contributed by atoms with Gasteiger partial charge in [-0.3, -0.25) is 14.2 Å². The van der Waals surface area contributed by atoms with E-state index in [0.717, 1.165) is 11.3 Å². The van der Waals surface area contributed by atoms with Gasteiger partial charge < -0.3 is 5.11 Å². The lowest BCUT2D eigenvalue weighted by Crippen LogP contribution is -2.24. The monoisotopic (exact) mass is 390 g/mol. The highest BCUT2D eigenvalue weighted by Gasteiger charge is 2.21. The van der Waals surface area contributed by atoms with Crippen molar-refractivity contribution in [3.05, 3.63) is 50.1 Å².